The predicted molar refractivity (Wildman–Crippen MR) is 59.3 cm³/mol. The third-order valence-electron chi connectivity index (χ3n) is 2.89. The number of hydrogen-bond donors (Lipinski definition) is 2. The van der Waals surface area contributed by atoms with Crippen molar-refractivity contribution in [2.24, 2.45) is 0 Å². The first kappa shape index (κ1) is 10.6. The molecule has 1 aliphatic heterocycles. The molecular weight excluding hydrogens is 191 g/mol. The zero-order valence-corrected chi connectivity index (χ0v) is 9.02. The fourth-order valence-corrected chi connectivity index (χ4v) is 2.04. The normalized spacial score (nSPS) is 20.0. The highest BCUT2D eigenvalue weighted by molar-refractivity contribution is 5.31. The Balaban J connectivity index is 2.07. The molecule has 82 valence electrons. The number of halogens is 1. The maximum Gasteiger partial charge on any atom is 0.127 e. The fraction of sp³-hybridized carbons (Fsp3) is 0.500. The summed E-state index contributed by atoms with van der Waals surface area (Å²) in [5.41, 5.74) is 1.99. The van der Waals surface area contributed by atoms with E-state index in [1.165, 1.54) is 6.07 Å². The Labute approximate surface area is 89.9 Å². The van der Waals surface area contributed by atoms with Crippen LogP contribution in [0.2, 0.25) is 0 Å². The molecule has 1 aromatic rings. The second kappa shape index (κ2) is 4.73. The topological polar surface area (TPSA) is 24.1 Å². The van der Waals surface area contributed by atoms with E-state index in [1.54, 1.807) is 6.07 Å². The van der Waals surface area contributed by atoms with Gasteiger partial charge in [0.25, 0.3) is 0 Å². The number of fused-ring (bicyclic) bond motifs is 1. The largest absolute Gasteiger partial charge is 0.315 e. The zero-order chi connectivity index (χ0) is 10.7. The molecule has 1 heterocycles. The van der Waals surface area contributed by atoms with Crippen LogP contribution in [-0.4, -0.2) is 19.1 Å². The molecule has 0 fully saturated rings. The molecule has 15 heavy (non-hydrogen) atoms. The van der Waals surface area contributed by atoms with Gasteiger partial charge in [-0.3, -0.25) is 0 Å². The summed E-state index contributed by atoms with van der Waals surface area (Å²) in [6.45, 7) is 4.68. The molecule has 1 aliphatic rings. The first-order valence-corrected chi connectivity index (χ1v) is 5.51. The Kier molecular flexibility index (Phi) is 3.34. The molecule has 0 amide bonds. The number of hydrogen-bond acceptors (Lipinski definition) is 2. The quantitative estimate of drug-likeness (QED) is 0.785. The summed E-state index contributed by atoms with van der Waals surface area (Å²) in [6.07, 6.45) is 0.917. The predicted octanol–water partition coefficient (Wildman–Crippen LogP) is 1.45. The van der Waals surface area contributed by atoms with Crippen LogP contribution in [0.3, 0.4) is 0 Å². The van der Waals surface area contributed by atoms with Crippen LogP contribution < -0.4 is 10.6 Å². The van der Waals surface area contributed by atoms with Crippen molar-refractivity contribution >= 4 is 0 Å². The van der Waals surface area contributed by atoms with E-state index < -0.39 is 0 Å². The Hall–Kier alpha value is -0.930. The van der Waals surface area contributed by atoms with E-state index in [2.05, 4.69) is 17.6 Å². The average molecular weight is 208 g/mol. The minimum Gasteiger partial charge on any atom is -0.315 e. The summed E-state index contributed by atoms with van der Waals surface area (Å²) in [7, 11) is 0. The van der Waals surface area contributed by atoms with Crippen molar-refractivity contribution in [3.63, 3.8) is 0 Å². The molecule has 2 nitrogen and oxygen atoms in total. The van der Waals surface area contributed by atoms with Gasteiger partial charge in [-0.1, -0.05) is 19.1 Å². The van der Waals surface area contributed by atoms with Crippen molar-refractivity contribution in [3.8, 4) is 0 Å². The molecule has 1 unspecified atom stereocenters. The number of nitrogens with one attached hydrogen (secondary N) is 2. The van der Waals surface area contributed by atoms with Crippen LogP contribution in [0.1, 0.15) is 18.1 Å². The highest BCUT2D eigenvalue weighted by Gasteiger charge is 2.19. The minimum atomic E-state index is -0.0816. The van der Waals surface area contributed by atoms with E-state index in [0.717, 1.165) is 30.6 Å². The smallest absolute Gasteiger partial charge is 0.127 e. The van der Waals surface area contributed by atoms with Gasteiger partial charge < -0.3 is 10.6 Å². The molecule has 0 saturated carbocycles. The van der Waals surface area contributed by atoms with Gasteiger partial charge in [-0.15, -0.1) is 0 Å². The third kappa shape index (κ3) is 2.36. The summed E-state index contributed by atoms with van der Waals surface area (Å²) in [5, 5.41) is 6.66. The first-order chi connectivity index (χ1) is 7.31. The highest BCUT2D eigenvalue weighted by atomic mass is 19.1. The van der Waals surface area contributed by atoms with Crippen molar-refractivity contribution in [1.82, 2.24) is 10.6 Å². The van der Waals surface area contributed by atoms with Gasteiger partial charge in [-0.05, 0) is 24.6 Å². The Morgan fingerprint density at radius 3 is 3.20 bits per heavy atom. The maximum atomic E-state index is 13.4. The van der Waals surface area contributed by atoms with Crippen LogP contribution in [0.4, 0.5) is 4.39 Å². The number of rotatable bonds is 3. The van der Waals surface area contributed by atoms with Gasteiger partial charge in [0.2, 0.25) is 0 Å². The number of benzene rings is 1. The average Bonchev–Trinajstić information content (AvgIpc) is 2.26. The Morgan fingerprint density at radius 1 is 1.53 bits per heavy atom. The van der Waals surface area contributed by atoms with Crippen molar-refractivity contribution < 1.29 is 4.39 Å². The van der Waals surface area contributed by atoms with E-state index in [0.29, 0.717) is 12.6 Å². The van der Waals surface area contributed by atoms with Crippen LogP contribution >= 0.6 is 0 Å². The molecule has 0 bridgehead atoms. The molecule has 0 radical (unpaired) electrons. The van der Waals surface area contributed by atoms with Gasteiger partial charge in [0.05, 0.1) is 0 Å². The molecule has 0 saturated heterocycles. The van der Waals surface area contributed by atoms with Gasteiger partial charge in [0.15, 0.2) is 0 Å². The summed E-state index contributed by atoms with van der Waals surface area (Å²) >= 11 is 0. The van der Waals surface area contributed by atoms with Gasteiger partial charge in [0, 0.05) is 24.7 Å². The monoisotopic (exact) mass is 208 g/mol. The highest BCUT2D eigenvalue weighted by Crippen LogP contribution is 2.19. The van der Waals surface area contributed by atoms with E-state index in [4.69, 9.17) is 0 Å². The molecule has 0 aliphatic carbocycles. The summed E-state index contributed by atoms with van der Waals surface area (Å²) in [6, 6.07) is 5.78. The fourth-order valence-electron chi connectivity index (χ4n) is 2.04. The maximum absolute atomic E-state index is 13.4. The van der Waals surface area contributed by atoms with Crippen LogP contribution in [0.15, 0.2) is 18.2 Å². The van der Waals surface area contributed by atoms with E-state index in [-0.39, 0.29) is 5.82 Å². The second-order valence-electron chi connectivity index (χ2n) is 3.97. The van der Waals surface area contributed by atoms with Crippen molar-refractivity contribution in [2.45, 2.75) is 25.9 Å². The van der Waals surface area contributed by atoms with Gasteiger partial charge in [-0.25, -0.2) is 4.39 Å². The van der Waals surface area contributed by atoms with Crippen molar-refractivity contribution in [2.75, 3.05) is 13.1 Å². The van der Waals surface area contributed by atoms with Gasteiger partial charge >= 0.3 is 0 Å². The van der Waals surface area contributed by atoms with Crippen LogP contribution in [0.5, 0.6) is 0 Å². The van der Waals surface area contributed by atoms with E-state index >= 15 is 0 Å². The number of likely N-dealkylation sites (N-methyl/N-ethyl adjacent to an activating group) is 1. The van der Waals surface area contributed by atoms with Crippen molar-refractivity contribution in [1.29, 1.82) is 0 Å². The second-order valence-corrected chi connectivity index (χ2v) is 3.97. The van der Waals surface area contributed by atoms with Crippen LogP contribution in [0, 0.1) is 5.82 Å². The molecule has 1 atom stereocenters. The van der Waals surface area contributed by atoms with Crippen LogP contribution in [0.25, 0.3) is 0 Å². The SMILES string of the molecule is CCNCC1Cc2cccc(F)c2CN1. The lowest BCUT2D eigenvalue weighted by molar-refractivity contribution is 0.441. The third-order valence-corrected chi connectivity index (χ3v) is 2.89. The van der Waals surface area contributed by atoms with E-state index in [9.17, 15) is 4.39 Å². The van der Waals surface area contributed by atoms with Crippen LogP contribution in [-0.2, 0) is 13.0 Å². The van der Waals surface area contributed by atoms with Gasteiger partial charge in [-0.2, -0.15) is 0 Å². The first-order valence-electron chi connectivity index (χ1n) is 5.51. The molecule has 3 heteroatoms. The van der Waals surface area contributed by atoms with E-state index in [1.807, 2.05) is 6.07 Å². The van der Waals surface area contributed by atoms with Gasteiger partial charge in [0.1, 0.15) is 5.82 Å². The molecule has 1 aromatic carbocycles. The molecule has 2 N–H and O–H groups in total. The lowest BCUT2D eigenvalue weighted by atomic mass is 9.95. The Bertz CT molecular complexity index is 338. The minimum absolute atomic E-state index is 0.0816. The Morgan fingerprint density at radius 2 is 2.40 bits per heavy atom. The summed E-state index contributed by atoms with van der Waals surface area (Å²) in [5.74, 6) is -0.0816. The molecule has 0 aromatic heterocycles. The zero-order valence-electron chi connectivity index (χ0n) is 9.02. The lowest BCUT2D eigenvalue weighted by Crippen LogP contribution is -2.43. The molecule has 2 rings (SSSR count). The van der Waals surface area contributed by atoms with Crippen molar-refractivity contribution in [3.05, 3.63) is 35.1 Å². The molecule has 0 spiro atoms. The standard InChI is InChI=1S/C12H17FN2/c1-2-14-7-10-6-9-4-3-5-12(13)11(9)8-15-10/h3-5,10,14-15H,2,6-8H2,1H3. The lowest BCUT2D eigenvalue weighted by Gasteiger charge is -2.26. The molecular formula is C12H17FN2. The summed E-state index contributed by atoms with van der Waals surface area (Å²) < 4.78 is 13.4. The summed E-state index contributed by atoms with van der Waals surface area (Å²) in [4.78, 5) is 0.